The third-order valence-corrected chi connectivity index (χ3v) is 3.92. The van der Waals surface area contributed by atoms with Gasteiger partial charge in [-0.2, -0.15) is 10.5 Å². The number of fused-ring (bicyclic) bond motifs is 1. The summed E-state index contributed by atoms with van der Waals surface area (Å²) in [6.07, 6.45) is 1.78. The summed E-state index contributed by atoms with van der Waals surface area (Å²) in [4.78, 5) is 20.2. The number of hydrogen-bond acceptors (Lipinski definition) is 9. The van der Waals surface area contributed by atoms with Gasteiger partial charge in [-0.25, -0.2) is 9.98 Å². The predicted octanol–water partition coefficient (Wildman–Crippen LogP) is 1.02. The third-order valence-electron chi connectivity index (χ3n) is 3.92. The highest BCUT2D eigenvalue weighted by Crippen LogP contribution is 2.42. The number of nitrogens with two attached hydrogens (primary N) is 2. The number of para-hydroxylation sites is 1. The fourth-order valence-electron chi connectivity index (χ4n) is 2.84. The van der Waals surface area contributed by atoms with Gasteiger partial charge in [-0.3, -0.25) is 10.1 Å². The molecule has 1 atom stereocenters. The Bertz CT molecular complexity index is 1050. The fourth-order valence-corrected chi connectivity index (χ4v) is 2.84. The van der Waals surface area contributed by atoms with E-state index in [0.717, 1.165) is 0 Å². The van der Waals surface area contributed by atoms with Crippen LogP contribution in [0, 0.1) is 22.8 Å². The van der Waals surface area contributed by atoms with Crippen LogP contribution in [0.4, 0.5) is 23.0 Å². The molecule has 2 heterocycles. The number of aromatic nitrogens is 1. The van der Waals surface area contributed by atoms with Crippen LogP contribution in [0.1, 0.15) is 29.7 Å². The number of carbonyl (C=O) groups excluding carboxylic acids is 1. The van der Waals surface area contributed by atoms with Crippen LogP contribution >= 0.6 is 0 Å². The molecule has 0 bridgehead atoms. The number of anilines is 4. The summed E-state index contributed by atoms with van der Waals surface area (Å²) in [7, 11) is 0. The largest absolute Gasteiger partial charge is 0.397 e. The minimum atomic E-state index is -0.722. The highest BCUT2D eigenvalue weighted by molar-refractivity contribution is 5.99. The zero-order valence-electron chi connectivity index (χ0n) is 14.2. The Morgan fingerprint density at radius 1 is 1.30 bits per heavy atom. The van der Waals surface area contributed by atoms with Crippen LogP contribution in [0.15, 0.2) is 29.3 Å². The molecule has 2 aromatic rings. The van der Waals surface area contributed by atoms with E-state index in [9.17, 15) is 10.1 Å². The topological polar surface area (TPSA) is 178 Å². The average Bonchev–Trinajstić information content (AvgIpc) is 2.61. The Kier molecular flexibility index (Phi) is 4.47. The maximum Gasteiger partial charge on any atom is 0.221 e. The Balaban J connectivity index is 2.26. The number of hydrogen-bond donors (Lipinski definition) is 5. The number of benzene rings is 1. The van der Waals surface area contributed by atoms with E-state index < -0.39 is 6.04 Å². The van der Waals surface area contributed by atoms with Crippen molar-refractivity contribution in [1.82, 2.24) is 10.3 Å². The molecule has 10 nitrogen and oxygen atoms in total. The smallest absolute Gasteiger partial charge is 0.221 e. The number of nitriles is 2. The molecule has 3 rings (SSSR count). The summed E-state index contributed by atoms with van der Waals surface area (Å²) in [5.74, 6) is 0.133. The molecule has 27 heavy (non-hydrogen) atoms. The van der Waals surface area contributed by atoms with Gasteiger partial charge in [-0.15, -0.1) is 0 Å². The zero-order valence-corrected chi connectivity index (χ0v) is 14.2. The minimum absolute atomic E-state index is 0.0339. The van der Waals surface area contributed by atoms with E-state index in [1.165, 1.54) is 6.92 Å². The first-order chi connectivity index (χ1) is 13.0. The lowest BCUT2D eigenvalue weighted by Crippen LogP contribution is -2.33. The van der Waals surface area contributed by atoms with Crippen LogP contribution in [-0.4, -0.2) is 16.9 Å². The van der Waals surface area contributed by atoms with Crippen LogP contribution in [0.5, 0.6) is 0 Å². The lowest BCUT2D eigenvalue weighted by Gasteiger charge is -2.27. The van der Waals surface area contributed by atoms with Gasteiger partial charge in [-0.1, -0.05) is 18.2 Å². The monoisotopic (exact) mass is 361 g/mol. The highest BCUT2D eigenvalue weighted by Gasteiger charge is 2.30. The van der Waals surface area contributed by atoms with Crippen molar-refractivity contribution < 1.29 is 4.79 Å². The van der Waals surface area contributed by atoms with E-state index in [0.29, 0.717) is 16.8 Å². The molecule has 1 aromatic heterocycles. The van der Waals surface area contributed by atoms with Gasteiger partial charge >= 0.3 is 0 Å². The van der Waals surface area contributed by atoms with E-state index >= 15 is 0 Å². The van der Waals surface area contributed by atoms with Crippen LogP contribution in [0.2, 0.25) is 0 Å². The molecule has 7 N–H and O–H groups in total. The number of amides is 1. The normalized spacial score (nSPS) is 14.6. The van der Waals surface area contributed by atoms with Crippen LogP contribution in [0.3, 0.4) is 0 Å². The molecule has 1 unspecified atom stereocenters. The van der Waals surface area contributed by atoms with E-state index in [1.807, 2.05) is 6.07 Å². The number of pyridine rings is 1. The molecule has 0 fully saturated rings. The molecule has 0 radical (unpaired) electrons. The molecule has 0 saturated heterocycles. The van der Waals surface area contributed by atoms with Crippen molar-refractivity contribution in [1.29, 1.82) is 10.5 Å². The van der Waals surface area contributed by atoms with Crippen molar-refractivity contribution in [2.45, 2.75) is 13.0 Å². The van der Waals surface area contributed by atoms with Crippen molar-refractivity contribution in [3.63, 3.8) is 0 Å². The van der Waals surface area contributed by atoms with Gasteiger partial charge in [0.1, 0.15) is 29.3 Å². The first kappa shape index (κ1) is 17.5. The van der Waals surface area contributed by atoms with Crippen LogP contribution < -0.4 is 27.4 Å². The number of aliphatic imine (C=N–C) groups is 1. The summed E-state index contributed by atoms with van der Waals surface area (Å²) >= 11 is 0. The summed E-state index contributed by atoms with van der Waals surface area (Å²) in [5, 5.41) is 26.3. The van der Waals surface area contributed by atoms with E-state index in [2.05, 4.69) is 25.9 Å². The molecule has 1 aliphatic rings. The fraction of sp³-hybridized carbons (Fsp3) is 0.118. The van der Waals surface area contributed by atoms with Gasteiger partial charge < -0.3 is 22.1 Å². The molecule has 0 aliphatic carbocycles. The Hall–Kier alpha value is -4.31. The summed E-state index contributed by atoms with van der Waals surface area (Å²) in [6.45, 7) is 1.39. The Morgan fingerprint density at radius 3 is 2.70 bits per heavy atom. The summed E-state index contributed by atoms with van der Waals surface area (Å²) < 4.78 is 0. The second kappa shape index (κ2) is 6.90. The third kappa shape index (κ3) is 3.15. The molecule has 1 aromatic carbocycles. The quantitative estimate of drug-likeness (QED) is 0.388. The highest BCUT2D eigenvalue weighted by atomic mass is 16.1. The number of nitrogens with one attached hydrogen (secondary N) is 3. The average molecular weight is 361 g/mol. The van der Waals surface area contributed by atoms with Crippen molar-refractivity contribution in [2.24, 2.45) is 4.99 Å². The summed E-state index contributed by atoms with van der Waals surface area (Å²) in [6, 6.07) is 8.25. The Morgan fingerprint density at radius 2 is 2.04 bits per heavy atom. The second-order valence-corrected chi connectivity index (χ2v) is 5.67. The molecule has 10 heteroatoms. The van der Waals surface area contributed by atoms with Crippen LogP contribution in [-0.2, 0) is 4.79 Å². The van der Waals surface area contributed by atoms with E-state index in [4.69, 9.17) is 16.7 Å². The molecule has 1 aliphatic heterocycles. The molecular formula is C17H15N9O. The van der Waals surface area contributed by atoms with Gasteiger partial charge in [0.15, 0.2) is 6.19 Å². The SMILES string of the molecule is CC(=O)Nc1ccccc1C1N=C(NC#N)Nc2nc(N)c(C#N)c(N)c21. The van der Waals surface area contributed by atoms with Gasteiger partial charge in [0.25, 0.3) is 0 Å². The molecule has 134 valence electrons. The number of nitrogen functional groups attached to an aromatic ring is 2. The molecule has 0 spiro atoms. The standard InChI is InChI=1S/C17H15N9O/c1-8(27)23-11-5-3-2-4-9(11)14-12-13(20)10(6-18)15(21)25-16(12)26-17(24-14)22-7-19/h2-5,14H,1H3,(H,23,27)(H6,20,21,22,24,25,26). The lowest BCUT2D eigenvalue weighted by molar-refractivity contribution is -0.114. The Labute approximate surface area is 154 Å². The predicted molar refractivity (Wildman–Crippen MR) is 100 cm³/mol. The number of carbonyl (C=O) groups is 1. The van der Waals surface area contributed by atoms with Gasteiger partial charge in [-0.05, 0) is 6.07 Å². The van der Waals surface area contributed by atoms with Crippen LogP contribution in [0.25, 0.3) is 0 Å². The second-order valence-electron chi connectivity index (χ2n) is 5.67. The van der Waals surface area contributed by atoms with Crippen molar-refractivity contribution in [3.8, 4) is 12.3 Å². The van der Waals surface area contributed by atoms with Gasteiger partial charge in [0.2, 0.25) is 11.9 Å². The zero-order chi connectivity index (χ0) is 19.6. The van der Waals surface area contributed by atoms with E-state index in [1.54, 1.807) is 30.5 Å². The van der Waals surface area contributed by atoms with Crippen molar-refractivity contribution in [3.05, 3.63) is 41.0 Å². The maximum absolute atomic E-state index is 11.6. The van der Waals surface area contributed by atoms with Gasteiger partial charge in [0, 0.05) is 23.7 Å². The first-order valence-corrected chi connectivity index (χ1v) is 7.81. The molecular weight excluding hydrogens is 346 g/mol. The maximum atomic E-state index is 11.6. The summed E-state index contributed by atoms with van der Waals surface area (Å²) in [5.41, 5.74) is 13.8. The van der Waals surface area contributed by atoms with E-state index in [-0.39, 0.29) is 34.8 Å². The van der Waals surface area contributed by atoms with Gasteiger partial charge in [0.05, 0.1) is 5.69 Å². The number of rotatable bonds is 2. The lowest BCUT2D eigenvalue weighted by atomic mass is 9.94. The number of nitrogens with zero attached hydrogens (tertiary/aromatic N) is 4. The minimum Gasteiger partial charge on any atom is -0.397 e. The number of guanidine groups is 1. The van der Waals surface area contributed by atoms with Crippen molar-refractivity contribution >= 4 is 34.9 Å². The molecule has 1 amide bonds. The molecule has 0 saturated carbocycles. The van der Waals surface area contributed by atoms with Crippen molar-refractivity contribution in [2.75, 3.05) is 22.1 Å². The first-order valence-electron chi connectivity index (χ1n) is 7.81.